The summed E-state index contributed by atoms with van der Waals surface area (Å²) in [5.41, 5.74) is 0.364. The summed E-state index contributed by atoms with van der Waals surface area (Å²) in [5.74, 6) is -3.03. The molecule has 7 nitrogen and oxygen atoms in total. The van der Waals surface area contributed by atoms with E-state index in [1.165, 1.54) is 24.3 Å². The lowest BCUT2D eigenvalue weighted by Gasteiger charge is -2.10. The molecule has 0 saturated carbocycles. The Balaban J connectivity index is 1.71. The minimum absolute atomic E-state index is 0.169. The smallest absolute Gasteiger partial charge is 0.338 e. The van der Waals surface area contributed by atoms with E-state index in [1.807, 2.05) is 0 Å². The lowest BCUT2D eigenvalue weighted by molar-refractivity contribution is 0.0691. The molecule has 3 rings (SSSR count). The van der Waals surface area contributed by atoms with Crippen molar-refractivity contribution in [3.8, 4) is 0 Å². The van der Waals surface area contributed by atoms with Gasteiger partial charge in [0, 0.05) is 22.0 Å². The Kier molecular flexibility index (Phi) is 6.04. The largest absolute Gasteiger partial charge is 0.478 e. The van der Waals surface area contributed by atoms with Gasteiger partial charge in [-0.3, -0.25) is 9.52 Å². The molecule has 0 bridgehead atoms. The highest BCUT2D eigenvalue weighted by atomic mass is 35.5. The van der Waals surface area contributed by atoms with Crippen molar-refractivity contribution in [1.82, 2.24) is 0 Å². The summed E-state index contributed by atoms with van der Waals surface area (Å²) in [6.45, 7) is 0. The van der Waals surface area contributed by atoms with E-state index >= 15 is 0 Å². The third kappa shape index (κ3) is 4.94. The molecule has 3 aromatic carbocycles. The quantitative estimate of drug-likeness (QED) is 0.522. The zero-order chi connectivity index (χ0) is 21.9. The zero-order valence-corrected chi connectivity index (χ0v) is 16.7. The Bertz CT molecular complexity index is 1210. The third-order valence-electron chi connectivity index (χ3n) is 3.98. The van der Waals surface area contributed by atoms with Gasteiger partial charge in [-0.2, -0.15) is 0 Å². The molecule has 0 aliphatic heterocycles. The van der Waals surface area contributed by atoms with Gasteiger partial charge < -0.3 is 10.4 Å². The number of benzene rings is 3. The lowest BCUT2D eigenvalue weighted by atomic mass is 10.2. The summed E-state index contributed by atoms with van der Waals surface area (Å²) in [6.07, 6.45) is 0. The van der Waals surface area contributed by atoms with Gasteiger partial charge in [0.25, 0.3) is 15.9 Å². The number of anilines is 2. The predicted octanol–water partition coefficient (Wildman–Crippen LogP) is 4.23. The fourth-order valence-electron chi connectivity index (χ4n) is 2.48. The second kappa shape index (κ2) is 8.52. The average molecular weight is 449 g/mol. The molecule has 30 heavy (non-hydrogen) atoms. The van der Waals surface area contributed by atoms with Crippen molar-refractivity contribution >= 4 is 44.9 Å². The van der Waals surface area contributed by atoms with Gasteiger partial charge in [0.2, 0.25) is 0 Å². The van der Waals surface area contributed by atoms with Gasteiger partial charge in [-0.15, -0.1) is 0 Å². The van der Waals surface area contributed by atoms with Crippen LogP contribution in [0.5, 0.6) is 0 Å². The molecule has 1 amide bonds. The van der Waals surface area contributed by atoms with Crippen LogP contribution in [0.25, 0.3) is 0 Å². The normalized spacial score (nSPS) is 11.0. The SMILES string of the molecule is O=C(Nc1ccc(NS(=O)(=O)c2ccc(C(=O)O)c(F)c2)cc1)c1ccc(Cl)cc1. The van der Waals surface area contributed by atoms with Crippen molar-refractivity contribution < 1.29 is 27.5 Å². The molecule has 0 aliphatic rings. The molecule has 0 unspecified atom stereocenters. The van der Waals surface area contributed by atoms with Gasteiger partial charge in [-0.1, -0.05) is 11.6 Å². The van der Waals surface area contributed by atoms with Crippen LogP contribution in [0.1, 0.15) is 20.7 Å². The summed E-state index contributed by atoms with van der Waals surface area (Å²) >= 11 is 5.79. The topological polar surface area (TPSA) is 113 Å². The lowest BCUT2D eigenvalue weighted by Crippen LogP contribution is -2.14. The third-order valence-corrected chi connectivity index (χ3v) is 5.61. The van der Waals surface area contributed by atoms with Crippen LogP contribution in [0.4, 0.5) is 15.8 Å². The summed E-state index contributed by atoms with van der Waals surface area (Å²) in [7, 11) is -4.14. The fourth-order valence-corrected chi connectivity index (χ4v) is 3.67. The number of hydrogen-bond acceptors (Lipinski definition) is 4. The number of nitrogens with one attached hydrogen (secondary N) is 2. The molecule has 0 aliphatic carbocycles. The van der Waals surface area contributed by atoms with E-state index in [1.54, 1.807) is 24.3 Å². The van der Waals surface area contributed by atoms with E-state index in [4.69, 9.17) is 16.7 Å². The van der Waals surface area contributed by atoms with Gasteiger partial charge in [-0.25, -0.2) is 17.6 Å². The molecule has 0 aromatic heterocycles. The summed E-state index contributed by atoms with van der Waals surface area (Å²) in [5, 5.41) is 12.0. The molecule has 0 spiro atoms. The van der Waals surface area contributed by atoms with Crippen LogP contribution in [0, 0.1) is 5.82 Å². The van der Waals surface area contributed by atoms with Crippen LogP contribution in [0.2, 0.25) is 5.02 Å². The number of carbonyl (C=O) groups is 2. The first kappa shape index (κ1) is 21.3. The number of sulfonamides is 1. The zero-order valence-electron chi connectivity index (χ0n) is 15.1. The highest BCUT2D eigenvalue weighted by molar-refractivity contribution is 7.92. The number of carboxylic acid groups (broad SMARTS) is 1. The first-order valence-electron chi connectivity index (χ1n) is 8.38. The van der Waals surface area contributed by atoms with Crippen molar-refractivity contribution in [3.05, 3.63) is 88.7 Å². The van der Waals surface area contributed by atoms with Crippen LogP contribution in [-0.2, 0) is 10.0 Å². The second-order valence-electron chi connectivity index (χ2n) is 6.09. The van der Waals surface area contributed by atoms with E-state index in [2.05, 4.69) is 10.0 Å². The van der Waals surface area contributed by atoms with Gasteiger partial charge in [0.05, 0.1) is 10.5 Å². The van der Waals surface area contributed by atoms with Crippen LogP contribution in [-0.4, -0.2) is 25.4 Å². The Morgan fingerprint density at radius 2 is 1.50 bits per heavy atom. The van der Waals surface area contributed by atoms with E-state index in [9.17, 15) is 22.4 Å². The Labute approximate surface area is 176 Å². The monoisotopic (exact) mass is 448 g/mol. The minimum Gasteiger partial charge on any atom is -0.478 e. The number of carboxylic acids is 1. The molecule has 154 valence electrons. The highest BCUT2D eigenvalue weighted by Gasteiger charge is 2.19. The van der Waals surface area contributed by atoms with Crippen LogP contribution >= 0.6 is 11.6 Å². The maximum absolute atomic E-state index is 13.8. The summed E-state index contributed by atoms with van der Waals surface area (Å²) < 4.78 is 40.9. The number of amides is 1. The molecule has 10 heteroatoms. The van der Waals surface area contributed by atoms with Crippen LogP contribution in [0.15, 0.2) is 71.6 Å². The molecular weight excluding hydrogens is 435 g/mol. The predicted molar refractivity (Wildman–Crippen MR) is 110 cm³/mol. The van der Waals surface area contributed by atoms with Crippen molar-refractivity contribution in [2.24, 2.45) is 0 Å². The van der Waals surface area contributed by atoms with E-state index in [0.29, 0.717) is 22.3 Å². The van der Waals surface area contributed by atoms with Crippen LogP contribution in [0.3, 0.4) is 0 Å². The Morgan fingerprint density at radius 3 is 2.07 bits per heavy atom. The average Bonchev–Trinajstić information content (AvgIpc) is 2.69. The molecule has 3 aromatic rings. The molecule has 0 radical (unpaired) electrons. The Hall–Kier alpha value is -3.43. The number of hydrogen-bond donors (Lipinski definition) is 3. The van der Waals surface area contributed by atoms with Crippen molar-refractivity contribution in [2.45, 2.75) is 4.90 Å². The van der Waals surface area contributed by atoms with Crippen LogP contribution < -0.4 is 10.0 Å². The number of rotatable bonds is 6. The molecule has 0 heterocycles. The van der Waals surface area contributed by atoms with Gasteiger partial charge >= 0.3 is 5.97 Å². The van der Waals surface area contributed by atoms with Crippen molar-refractivity contribution in [2.75, 3.05) is 10.0 Å². The molecule has 0 saturated heterocycles. The molecular formula is C20H14ClFN2O5S. The fraction of sp³-hybridized carbons (Fsp3) is 0. The summed E-state index contributed by atoms with van der Waals surface area (Å²) in [4.78, 5) is 22.6. The highest BCUT2D eigenvalue weighted by Crippen LogP contribution is 2.21. The first-order chi connectivity index (χ1) is 14.2. The number of carbonyl (C=O) groups excluding carboxylic acids is 1. The van der Waals surface area contributed by atoms with E-state index < -0.39 is 32.3 Å². The van der Waals surface area contributed by atoms with E-state index in [-0.39, 0.29) is 11.6 Å². The first-order valence-corrected chi connectivity index (χ1v) is 10.2. The molecule has 0 atom stereocenters. The minimum atomic E-state index is -4.14. The molecule has 3 N–H and O–H groups in total. The Morgan fingerprint density at radius 1 is 0.900 bits per heavy atom. The standard InChI is InChI=1S/C20H14ClFN2O5S/c21-13-3-1-12(2-4-13)19(25)23-14-5-7-15(8-6-14)24-30(28,29)16-9-10-17(20(26)27)18(22)11-16/h1-11,24H,(H,23,25)(H,26,27). The number of halogens is 2. The van der Waals surface area contributed by atoms with E-state index in [0.717, 1.165) is 12.1 Å². The second-order valence-corrected chi connectivity index (χ2v) is 8.21. The maximum Gasteiger partial charge on any atom is 0.338 e. The number of aromatic carboxylic acids is 1. The van der Waals surface area contributed by atoms with Gasteiger partial charge in [0.15, 0.2) is 0 Å². The van der Waals surface area contributed by atoms with Crippen molar-refractivity contribution in [1.29, 1.82) is 0 Å². The van der Waals surface area contributed by atoms with Gasteiger partial charge in [-0.05, 0) is 66.7 Å². The summed E-state index contributed by atoms with van der Waals surface area (Å²) in [6, 6.07) is 14.6. The van der Waals surface area contributed by atoms with Crippen molar-refractivity contribution in [3.63, 3.8) is 0 Å². The molecule has 0 fully saturated rings. The maximum atomic E-state index is 13.8. The van der Waals surface area contributed by atoms with Gasteiger partial charge in [0.1, 0.15) is 5.82 Å².